The van der Waals surface area contributed by atoms with Crippen molar-refractivity contribution in [3.05, 3.63) is 65.2 Å². The molecular weight excluding hydrogens is 384 g/mol. The Balaban J connectivity index is 1.71. The number of hydrogen-bond donors (Lipinski definition) is 1. The van der Waals surface area contributed by atoms with Crippen LogP contribution >= 0.6 is 0 Å². The zero-order valence-corrected chi connectivity index (χ0v) is 17.2. The molecule has 1 aliphatic rings. The van der Waals surface area contributed by atoms with Crippen molar-refractivity contribution in [3.63, 3.8) is 0 Å². The number of nitrogens with zero attached hydrogens (tertiary/aromatic N) is 1. The molecule has 0 aromatic heterocycles. The fourth-order valence-electron chi connectivity index (χ4n) is 3.67. The summed E-state index contributed by atoms with van der Waals surface area (Å²) in [6, 6.07) is 14.6. The van der Waals surface area contributed by atoms with E-state index in [4.69, 9.17) is 9.47 Å². The highest BCUT2D eigenvalue weighted by Gasteiger charge is 2.26. The molecule has 1 aliphatic heterocycles. The standard InChI is InChI=1S/C23H26N2O5/c1-29-22(27)18-11-19(23(28)30-2)13-20(12-18)24-21(26)17-9-6-10-25(15-17)14-16-7-4-3-5-8-16/h3-5,7-8,11-13,17H,6,9-10,14-15H2,1-2H3,(H,24,26). The fourth-order valence-corrected chi connectivity index (χ4v) is 3.67. The molecule has 0 saturated carbocycles. The highest BCUT2D eigenvalue weighted by molar-refractivity contribution is 6.00. The van der Waals surface area contributed by atoms with Gasteiger partial charge in [0.15, 0.2) is 0 Å². The highest BCUT2D eigenvalue weighted by Crippen LogP contribution is 2.22. The highest BCUT2D eigenvalue weighted by atomic mass is 16.5. The van der Waals surface area contributed by atoms with Crippen molar-refractivity contribution in [2.75, 3.05) is 32.6 Å². The van der Waals surface area contributed by atoms with E-state index in [9.17, 15) is 14.4 Å². The molecule has 7 heteroatoms. The van der Waals surface area contributed by atoms with E-state index in [1.165, 1.54) is 38.0 Å². The van der Waals surface area contributed by atoms with Gasteiger partial charge in [-0.15, -0.1) is 0 Å². The van der Waals surface area contributed by atoms with E-state index in [1.807, 2.05) is 18.2 Å². The lowest BCUT2D eigenvalue weighted by atomic mass is 9.96. The van der Waals surface area contributed by atoms with Crippen molar-refractivity contribution >= 4 is 23.5 Å². The van der Waals surface area contributed by atoms with E-state index in [0.29, 0.717) is 12.2 Å². The smallest absolute Gasteiger partial charge is 0.337 e. The van der Waals surface area contributed by atoms with E-state index >= 15 is 0 Å². The molecule has 1 heterocycles. The van der Waals surface area contributed by atoms with Gasteiger partial charge in [-0.2, -0.15) is 0 Å². The Morgan fingerprint density at radius 1 is 1.00 bits per heavy atom. The van der Waals surface area contributed by atoms with Crippen LogP contribution in [0.15, 0.2) is 48.5 Å². The summed E-state index contributed by atoms with van der Waals surface area (Å²) in [7, 11) is 2.52. The zero-order chi connectivity index (χ0) is 21.5. The first-order chi connectivity index (χ1) is 14.5. The first-order valence-corrected chi connectivity index (χ1v) is 9.89. The molecule has 2 aromatic rings. The third-order valence-electron chi connectivity index (χ3n) is 5.17. The number of piperidine rings is 1. The van der Waals surface area contributed by atoms with Crippen LogP contribution in [0.25, 0.3) is 0 Å². The Morgan fingerprint density at radius 2 is 1.63 bits per heavy atom. The summed E-state index contributed by atoms with van der Waals surface area (Å²) in [6.45, 7) is 2.40. The average molecular weight is 410 g/mol. The van der Waals surface area contributed by atoms with Crippen molar-refractivity contribution in [1.82, 2.24) is 4.90 Å². The number of benzene rings is 2. The number of rotatable bonds is 6. The maximum absolute atomic E-state index is 12.9. The Bertz CT molecular complexity index is 879. The van der Waals surface area contributed by atoms with Gasteiger partial charge in [-0.3, -0.25) is 9.69 Å². The van der Waals surface area contributed by atoms with Crippen LogP contribution < -0.4 is 5.32 Å². The minimum Gasteiger partial charge on any atom is -0.465 e. The topological polar surface area (TPSA) is 84.9 Å². The van der Waals surface area contributed by atoms with Crippen LogP contribution in [0.2, 0.25) is 0 Å². The van der Waals surface area contributed by atoms with Gasteiger partial charge in [0, 0.05) is 18.8 Å². The number of carbonyl (C=O) groups excluding carboxylic acids is 3. The van der Waals surface area contributed by atoms with Gasteiger partial charge in [0.05, 0.1) is 31.3 Å². The third-order valence-corrected chi connectivity index (χ3v) is 5.17. The lowest BCUT2D eigenvalue weighted by Gasteiger charge is -2.32. The minimum absolute atomic E-state index is 0.134. The molecule has 3 rings (SSSR count). The van der Waals surface area contributed by atoms with Gasteiger partial charge in [0.1, 0.15) is 0 Å². The van der Waals surface area contributed by atoms with Gasteiger partial charge >= 0.3 is 11.9 Å². The minimum atomic E-state index is -0.594. The monoisotopic (exact) mass is 410 g/mol. The molecule has 158 valence electrons. The van der Waals surface area contributed by atoms with Gasteiger partial charge in [-0.1, -0.05) is 30.3 Å². The lowest BCUT2D eigenvalue weighted by Crippen LogP contribution is -2.40. The van der Waals surface area contributed by atoms with Crippen molar-refractivity contribution in [3.8, 4) is 0 Å². The quantitative estimate of drug-likeness (QED) is 0.737. The number of likely N-dealkylation sites (tertiary alicyclic amines) is 1. The molecule has 0 radical (unpaired) electrons. The molecule has 0 aliphatic carbocycles. The van der Waals surface area contributed by atoms with Crippen molar-refractivity contribution in [2.45, 2.75) is 19.4 Å². The molecule has 1 unspecified atom stereocenters. The molecule has 1 fully saturated rings. The first kappa shape index (κ1) is 21.5. The van der Waals surface area contributed by atoms with Crippen LogP contribution in [0, 0.1) is 5.92 Å². The molecule has 0 spiro atoms. The fraction of sp³-hybridized carbons (Fsp3) is 0.348. The third kappa shape index (κ3) is 5.45. The van der Waals surface area contributed by atoms with Crippen LogP contribution in [0.1, 0.15) is 39.1 Å². The van der Waals surface area contributed by atoms with E-state index in [0.717, 1.165) is 25.9 Å². The Kier molecular flexibility index (Phi) is 7.19. The van der Waals surface area contributed by atoms with E-state index in [2.05, 4.69) is 22.3 Å². The Hall–Kier alpha value is -3.19. The van der Waals surface area contributed by atoms with Crippen molar-refractivity contribution < 1.29 is 23.9 Å². The summed E-state index contributed by atoms with van der Waals surface area (Å²) < 4.78 is 9.48. The van der Waals surface area contributed by atoms with Crippen molar-refractivity contribution in [1.29, 1.82) is 0 Å². The number of ether oxygens (including phenoxy) is 2. The van der Waals surface area contributed by atoms with Gasteiger partial charge in [0.25, 0.3) is 0 Å². The summed E-state index contributed by atoms with van der Waals surface area (Å²) in [5.41, 5.74) is 1.92. The second-order valence-electron chi connectivity index (χ2n) is 7.33. The largest absolute Gasteiger partial charge is 0.465 e. The molecule has 30 heavy (non-hydrogen) atoms. The van der Waals surface area contributed by atoms with E-state index in [1.54, 1.807) is 0 Å². The van der Waals surface area contributed by atoms with Crippen LogP contribution in [0.4, 0.5) is 5.69 Å². The number of hydrogen-bond acceptors (Lipinski definition) is 6. The molecule has 1 saturated heterocycles. The summed E-state index contributed by atoms with van der Waals surface area (Å²) in [5.74, 6) is -1.50. The second-order valence-corrected chi connectivity index (χ2v) is 7.33. The predicted octanol–water partition coefficient (Wildman–Crippen LogP) is 3.11. The number of amides is 1. The zero-order valence-electron chi connectivity index (χ0n) is 17.2. The predicted molar refractivity (Wildman–Crippen MR) is 112 cm³/mol. The summed E-state index contributed by atoms with van der Waals surface area (Å²) in [4.78, 5) is 39.0. The Labute approximate surface area is 176 Å². The molecule has 1 N–H and O–H groups in total. The molecule has 2 aromatic carbocycles. The van der Waals surface area contributed by atoms with Crippen LogP contribution in [0.5, 0.6) is 0 Å². The first-order valence-electron chi connectivity index (χ1n) is 9.89. The normalized spacial score (nSPS) is 16.5. The van der Waals surface area contributed by atoms with Crippen molar-refractivity contribution in [2.24, 2.45) is 5.92 Å². The lowest BCUT2D eigenvalue weighted by molar-refractivity contribution is -0.121. The van der Waals surface area contributed by atoms with E-state index in [-0.39, 0.29) is 23.0 Å². The van der Waals surface area contributed by atoms with Gasteiger partial charge < -0.3 is 14.8 Å². The summed E-state index contributed by atoms with van der Waals surface area (Å²) in [5, 5.41) is 2.85. The molecular formula is C23H26N2O5. The van der Waals surface area contributed by atoms with Gasteiger partial charge in [-0.05, 0) is 43.1 Å². The van der Waals surface area contributed by atoms with Gasteiger partial charge in [0.2, 0.25) is 5.91 Å². The SMILES string of the molecule is COC(=O)c1cc(NC(=O)C2CCCN(Cc3ccccc3)C2)cc(C(=O)OC)c1. The maximum Gasteiger partial charge on any atom is 0.337 e. The molecule has 0 bridgehead atoms. The Morgan fingerprint density at radius 3 is 2.23 bits per heavy atom. The number of carbonyl (C=O) groups is 3. The number of esters is 2. The molecule has 7 nitrogen and oxygen atoms in total. The second kappa shape index (κ2) is 10.0. The van der Waals surface area contributed by atoms with Crippen LogP contribution in [-0.4, -0.2) is 50.1 Å². The van der Waals surface area contributed by atoms with E-state index < -0.39 is 11.9 Å². The molecule has 1 amide bonds. The number of anilines is 1. The summed E-state index contributed by atoms with van der Waals surface area (Å²) >= 11 is 0. The average Bonchev–Trinajstić information content (AvgIpc) is 2.78. The van der Waals surface area contributed by atoms with Crippen LogP contribution in [-0.2, 0) is 20.8 Å². The van der Waals surface area contributed by atoms with Crippen LogP contribution in [0.3, 0.4) is 0 Å². The summed E-state index contributed by atoms with van der Waals surface area (Å²) in [6.07, 6.45) is 1.72. The van der Waals surface area contributed by atoms with Gasteiger partial charge in [-0.25, -0.2) is 9.59 Å². The maximum atomic E-state index is 12.9. The number of nitrogens with one attached hydrogen (secondary N) is 1. The number of methoxy groups -OCH3 is 2. The molecule has 1 atom stereocenters.